The van der Waals surface area contributed by atoms with Crippen LogP contribution in [0.4, 0.5) is 0 Å². The van der Waals surface area contributed by atoms with E-state index in [2.05, 4.69) is 43.3 Å². The van der Waals surface area contributed by atoms with E-state index in [0.29, 0.717) is 0 Å². The molecule has 0 fully saturated rings. The van der Waals surface area contributed by atoms with Crippen LogP contribution in [0.5, 0.6) is 0 Å². The van der Waals surface area contributed by atoms with Crippen molar-refractivity contribution in [2.75, 3.05) is 18.1 Å². The van der Waals surface area contributed by atoms with E-state index in [-0.39, 0.29) is 0 Å². The van der Waals surface area contributed by atoms with E-state index >= 15 is 0 Å². The van der Waals surface area contributed by atoms with E-state index in [4.69, 9.17) is 6.42 Å². The molecule has 0 bridgehead atoms. The summed E-state index contributed by atoms with van der Waals surface area (Å²) in [6.45, 7) is 6.25. The summed E-state index contributed by atoms with van der Waals surface area (Å²) in [5.74, 6) is 4.52. The third kappa shape index (κ3) is 4.74. The Labute approximate surface area is 103 Å². The second-order valence-corrected chi connectivity index (χ2v) is 4.97. The summed E-state index contributed by atoms with van der Waals surface area (Å²) in [4.78, 5) is 0. The summed E-state index contributed by atoms with van der Waals surface area (Å²) < 4.78 is 0. The number of hydrogen-bond acceptors (Lipinski definition) is 2. The normalized spacial score (nSPS) is 10.1. The van der Waals surface area contributed by atoms with Gasteiger partial charge in [0.2, 0.25) is 0 Å². The van der Waals surface area contributed by atoms with Crippen LogP contribution in [0.25, 0.3) is 0 Å². The molecule has 0 saturated heterocycles. The maximum Gasteiger partial charge on any atom is 0.0545 e. The molecule has 0 amide bonds. The molecule has 16 heavy (non-hydrogen) atoms. The molecule has 86 valence electrons. The first-order valence-electron chi connectivity index (χ1n) is 5.52. The van der Waals surface area contributed by atoms with Crippen LogP contribution in [0, 0.1) is 26.2 Å². The summed E-state index contributed by atoms with van der Waals surface area (Å²) in [6, 6.07) is 6.59. The zero-order chi connectivity index (χ0) is 11.8. The monoisotopic (exact) mass is 233 g/mol. The first kappa shape index (κ1) is 13.2. The molecule has 1 rings (SSSR count). The van der Waals surface area contributed by atoms with Crippen molar-refractivity contribution in [1.29, 1.82) is 0 Å². The minimum Gasteiger partial charge on any atom is -0.312 e. The molecule has 1 nitrogen and oxygen atoms in total. The zero-order valence-electron chi connectivity index (χ0n) is 10.0. The second kappa shape index (κ2) is 7.38. The minimum absolute atomic E-state index is 0.811. The lowest BCUT2D eigenvalue weighted by molar-refractivity contribution is 0.728. The maximum absolute atomic E-state index is 5.18. The number of benzene rings is 1. The molecule has 1 aromatic rings. The molecule has 0 aliphatic rings. The number of rotatable bonds is 6. The Bertz CT molecular complexity index is 365. The van der Waals surface area contributed by atoms with Crippen molar-refractivity contribution in [1.82, 2.24) is 5.32 Å². The third-order valence-corrected chi connectivity index (χ3v) is 3.29. The fourth-order valence-corrected chi connectivity index (χ4v) is 2.09. The zero-order valence-corrected chi connectivity index (χ0v) is 10.9. The molecule has 0 radical (unpaired) electrons. The van der Waals surface area contributed by atoms with Gasteiger partial charge in [-0.15, -0.1) is 18.2 Å². The van der Waals surface area contributed by atoms with Crippen molar-refractivity contribution in [3.8, 4) is 12.3 Å². The average molecular weight is 233 g/mol. The molecule has 2 heteroatoms. The van der Waals surface area contributed by atoms with Gasteiger partial charge in [-0.3, -0.25) is 0 Å². The van der Waals surface area contributed by atoms with Gasteiger partial charge < -0.3 is 5.32 Å². The highest BCUT2D eigenvalue weighted by atomic mass is 32.2. The van der Waals surface area contributed by atoms with Gasteiger partial charge in [0.05, 0.1) is 5.75 Å². The molecule has 0 aliphatic carbocycles. The fourth-order valence-electron chi connectivity index (χ4n) is 1.54. The van der Waals surface area contributed by atoms with Crippen molar-refractivity contribution in [2.45, 2.75) is 20.4 Å². The van der Waals surface area contributed by atoms with E-state index in [1.54, 1.807) is 11.8 Å². The molecular formula is C14H19NS. The molecule has 0 atom stereocenters. The van der Waals surface area contributed by atoms with Crippen molar-refractivity contribution in [3.63, 3.8) is 0 Å². The van der Waals surface area contributed by atoms with Crippen LogP contribution in [0.3, 0.4) is 0 Å². The lowest BCUT2D eigenvalue weighted by Crippen LogP contribution is -2.17. The highest BCUT2D eigenvalue weighted by Gasteiger charge is 1.97. The Morgan fingerprint density at radius 1 is 1.38 bits per heavy atom. The van der Waals surface area contributed by atoms with Gasteiger partial charge in [0.25, 0.3) is 0 Å². The molecule has 1 aromatic carbocycles. The Balaban J connectivity index is 2.25. The number of hydrogen-bond donors (Lipinski definition) is 1. The Kier molecular flexibility index (Phi) is 6.07. The molecular weight excluding hydrogens is 214 g/mol. The summed E-state index contributed by atoms with van der Waals surface area (Å²) >= 11 is 1.80. The van der Waals surface area contributed by atoms with E-state index in [0.717, 1.165) is 24.6 Å². The molecule has 1 N–H and O–H groups in total. The third-order valence-electron chi connectivity index (χ3n) is 2.42. The molecule has 0 spiro atoms. The summed E-state index contributed by atoms with van der Waals surface area (Å²) in [7, 11) is 0. The average Bonchev–Trinajstić information content (AvgIpc) is 2.26. The van der Waals surface area contributed by atoms with Crippen molar-refractivity contribution in [3.05, 3.63) is 34.9 Å². The van der Waals surface area contributed by atoms with Gasteiger partial charge >= 0.3 is 0 Å². The number of terminal acetylenes is 1. The molecule has 0 aliphatic heterocycles. The Hall–Kier alpha value is -0.910. The van der Waals surface area contributed by atoms with Gasteiger partial charge in [0.15, 0.2) is 0 Å². The predicted octanol–water partition coefficient (Wildman–Crippen LogP) is 2.76. The maximum atomic E-state index is 5.18. The molecule has 0 unspecified atom stereocenters. The van der Waals surface area contributed by atoms with Crippen LogP contribution >= 0.6 is 11.8 Å². The van der Waals surface area contributed by atoms with Gasteiger partial charge in [-0.1, -0.05) is 29.7 Å². The van der Waals surface area contributed by atoms with Crippen molar-refractivity contribution in [2.24, 2.45) is 0 Å². The highest BCUT2D eigenvalue weighted by Crippen LogP contribution is 2.10. The number of aryl methyl sites for hydroxylation is 2. The standard InChI is InChI=1S/C14H19NS/c1-4-8-16-9-7-15-11-14-6-5-12(2)10-13(14)3/h1,5-6,10,15H,7-9,11H2,2-3H3. The summed E-state index contributed by atoms with van der Waals surface area (Å²) in [5, 5.41) is 3.43. The Morgan fingerprint density at radius 2 is 2.19 bits per heavy atom. The SMILES string of the molecule is C#CCSCCNCc1ccc(C)cc1C. The minimum atomic E-state index is 0.811. The van der Waals surface area contributed by atoms with Crippen LogP contribution in [-0.2, 0) is 6.54 Å². The number of thioether (sulfide) groups is 1. The van der Waals surface area contributed by atoms with Gasteiger partial charge in [0.1, 0.15) is 0 Å². The topological polar surface area (TPSA) is 12.0 Å². The van der Waals surface area contributed by atoms with Gasteiger partial charge in [-0.25, -0.2) is 0 Å². The largest absolute Gasteiger partial charge is 0.312 e. The lowest BCUT2D eigenvalue weighted by Gasteiger charge is -2.08. The molecule has 0 heterocycles. The summed E-state index contributed by atoms with van der Waals surface area (Å²) in [6.07, 6.45) is 5.18. The molecule has 0 aromatic heterocycles. The van der Waals surface area contributed by atoms with Gasteiger partial charge in [-0.05, 0) is 25.0 Å². The van der Waals surface area contributed by atoms with E-state index in [1.165, 1.54) is 16.7 Å². The quantitative estimate of drug-likeness (QED) is 0.599. The van der Waals surface area contributed by atoms with E-state index in [9.17, 15) is 0 Å². The van der Waals surface area contributed by atoms with E-state index in [1.807, 2.05) is 0 Å². The highest BCUT2D eigenvalue weighted by molar-refractivity contribution is 7.99. The van der Waals surface area contributed by atoms with Crippen LogP contribution < -0.4 is 5.32 Å². The fraction of sp³-hybridized carbons (Fsp3) is 0.429. The lowest BCUT2D eigenvalue weighted by atomic mass is 10.1. The summed E-state index contributed by atoms with van der Waals surface area (Å²) in [5.41, 5.74) is 4.07. The Morgan fingerprint density at radius 3 is 2.88 bits per heavy atom. The van der Waals surface area contributed by atoms with Crippen molar-refractivity contribution >= 4 is 11.8 Å². The van der Waals surface area contributed by atoms with E-state index < -0.39 is 0 Å². The van der Waals surface area contributed by atoms with Gasteiger partial charge in [0, 0.05) is 18.8 Å². The van der Waals surface area contributed by atoms with Crippen LogP contribution in [0.2, 0.25) is 0 Å². The first-order valence-corrected chi connectivity index (χ1v) is 6.67. The van der Waals surface area contributed by atoms with Crippen molar-refractivity contribution < 1.29 is 0 Å². The first-order chi connectivity index (χ1) is 7.74. The smallest absolute Gasteiger partial charge is 0.0545 e. The van der Waals surface area contributed by atoms with Crippen LogP contribution in [-0.4, -0.2) is 18.1 Å². The second-order valence-electron chi connectivity index (χ2n) is 3.86. The van der Waals surface area contributed by atoms with Gasteiger partial charge in [-0.2, -0.15) is 0 Å². The number of nitrogens with one attached hydrogen (secondary N) is 1. The van der Waals surface area contributed by atoms with Crippen LogP contribution in [0.15, 0.2) is 18.2 Å². The van der Waals surface area contributed by atoms with Crippen LogP contribution in [0.1, 0.15) is 16.7 Å². The molecule has 0 saturated carbocycles. The predicted molar refractivity (Wildman–Crippen MR) is 73.8 cm³/mol.